The van der Waals surface area contributed by atoms with Crippen molar-refractivity contribution in [3.63, 3.8) is 0 Å². The first kappa shape index (κ1) is 14.2. The molecule has 5 heteroatoms. The fourth-order valence-electron chi connectivity index (χ4n) is 1.72. The van der Waals surface area contributed by atoms with Crippen LogP contribution in [0.15, 0.2) is 34.8 Å². The number of carbonyl (C=O) groups is 1. The first-order valence-electron chi connectivity index (χ1n) is 5.35. The summed E-state index contributed by atoms with van der Waals surface area (Å²) in [6.07, 6.45) is 0. The van der Waals surface area contributed by atoms with Crippen molar-refractivity contribution in [1.29, 1.82) is 0 Å². The fraction of sp³-hybridized carbons (Fsp3) is 0.0714. The van der Waals surface area contributed by atoms with E-state index in [1.165, 1.54) is 0 Å². The van der Waals surface area contributed by atoms with E-state index in [-0.39, 0.29) is 10.6 Å². The molecule has 0 amide bonds. The second kappa shape index (κ2) is 5.39. The largest absolute Gasteiger partial charge is 0.289 e. The van der Waals surface area contributed by atoms with E-state index in [0.717, 1.165) is 22.2 Å². The summed E-state index contributed by atoms with van der Waals surface area (Å²) in [7, 11) is 0. The van der Waals surface area contributed by atoms with Crippen molar-refractivity contribution in [3.8, 4) is 0 Å². The summed E-state index contributed by atoms with van der Waals surface area (Å²) < 4.78 is 27.0. The summed E-state index contributed by atoms with van der Waals surface area (Å²) in [5.41, 5.74) is 1.07. The van der Waals surface area contributed by atoms with Crippen LogP contribution >= 0.6 is 27.5 Å². The lowest BCUT2D eigenvalue weighted by molar-refractivity contribution is 0.103. The van der Waals surface area contributed by atoms with Crippen molar-refractivity contribution in [1.82, 2.24) is 0 Å². The Morgan fingerprint density at radius 1 is 1.11 bits per heavy atom. The van der Waals surface area contributed by atoms with E-state index in [4.69, 9.17) is 11.6 Å². The molecule has 0 aliphatic rings. The Balaban J connectivity index is 2.53. The number of hydrogen-bond donors (Lipinski definition) is 0. The van der Waals surface area contributed by atoms with E-state index in [1.54, 1.807) is 25.1 Å². The van der Waals surface area contributed by atoms with Gasteiger partial charge in [-0.05, 0) is 42.8 Å². The van der Waals surface area contributed by atoms with Crippen LogP contribution in [0.2, 0.25) is 5.02 Å². The maximum absolute atomic E-state index is 13.2. The molecule has 19 heavy (non-hydrogen) atoms. The van der Waals surface area contributed by atoms with Gasteiger partial charge in [-0.2, -0.15) is 0 Å². The Hall–Kier alpha value is -1.26. The van der Waals surface area contributed by atoms with E-state index in [1.807, 2.05) is 0 Å². The monoisotopic (exact) mass is 344 g/mol. The minimum Gasteiger partial charge on any atom is -0.289 e. The fourth-order valence-corrected chi connectivity index (χ4v) is 2.44. The summed E-state index contributed by atoms with van der Waals surface area (Å²) in [4.78, 5) is 12.3. The Labute approximate surface area is 122 Å². The molecule has 2 rings (SSSR count). The van der Waals surface area contributed by atoms with Gasteiger partial charge in [-0.1, -0.05) is 27.5 Å². The van der Waals surface area contributed by atoms with E-state index < -0.39 is 17.4 Å². The van der Waals surface area contributed by atoms with Crippen molar-refractivity contribution in [2.24, 2.45) is 0 Å². The lowest BCUT2D eigenvalue weighted by Gasteiger charge is -2.08. The molecule has 0 bridgehead atoms. The Kier molecular flexibility index (Phi) is 4.02. The van der Waals surface area contributed by atoms with Gasteiger partial charge in [-0.25, -0.2) is 8.78 Å². The number of carbonyl (C=O) groups excluding carboxylic acids is 1. The zero-order valence-corrected chi connectivity index (χ0v) is 12.1. The molecule has 0 aromatic heterocycles. The highest BCUT2D eigenvalue weighted by molar-refractivity contribution is 9.10. The highest BCUT2D eigenvalue weighted by Crippen LogP contribution is 2.25. The van der Waals surface area contributed by atoms with Crippen LogP contribution in [0.5, 0.6) is 0 Å². The molecule has 0 spiro atoms. The summed E-state index contributed by atoms with van der Waals surface area (Å²) >= 11 is 9.08. The molecule has 0 aliphatic heterocycles. The van der Waals surface area contributed by atoms with Crippen molar-refractivity contribution in [2.45, 2.75) is 6.92 Å². The predicted molar refractivity (Wildman–Crippen MR) is 73.7 cm³/mol. The molecule has 0 unspecified atom stereocenters. The number of aryl methyl sites for hydroxylation is 1. The number of halogens is 4. The normalized spacial score (nSPS) is 10.6. The number of benzene rings is 2. The molecule has 98 valence electrons. The van der Waals surface area contributed by atoms with Crippen LogP contribution in [0.4, 0.5) is 8.78 Å². The van der Waals surface area contributed by atoms with E-state index in [9.17, 15) is 13.6 Å². The SMILES string of the molecule is Cc1cc(Br)ccc1C(=O)c1cc(F)c(F)cc1Cl. The summed E-state index contributed by atoms with van der Waals surface area (Å²) in [5, 5.41) is -0.105. The van der Waals surface area contributed by atoms with Crippen molar-refractivity contribution < 1.29 is 13.6 Å². The summed E-state index contributed by atoms with van der Waals surface area (Å²) in [6, 6.07) is 6.70. The smallest absolute Gasteiger partial charge is 0.194 e. The van der Waals surface area contributed by atoms with Crippen LogP contribution in [0.3, 0.4) is 0 Å². The molecule has 0 N–H and O–H groups in total. The van der Waals surface area contributed by atoms with Crippen molar-refractivity contribution >= 4 is 33.3 Å². The minimum atomic E-state index is -1.09. The molecule has 0 saturated carbocycles. The van der Waals surface area contributed by atoms with Gasteiger partial charge in [0.1, 0.15) is 0 Å². The maximum atomic E-state index is 13.2. The molecule has 2 aromatic rings. The predicted octanol–water partition coefficient (Wildman–Crippen LogP) is 4.92. The highest BCUT2D eigenvalue weighted by atomic mass is 79.9. The standard InChI is InChI=1S/C14H8BrClF2O/c1-7-4-8(15)2-3-9(7)14(19)10-5-12(17)13(18)6-11(10)16/h2-6H,1H3. The zero-order chi connectivity index (χ0) is 14.2. The summed E-state index contributed by atoms with van der Waals surface area (Å²) in [6.45, 7) is 1.76. The van der Waals surface area contributed by atoms with E-state index in [2.05, 4.69) is 15.9 Å². The minimum absolute atomic E-state index is 0.0500. The first-order valence-corrected chi connectivity index (χ1v) is 6.52. The molecule has 0 heterocycles. The van der Waals surface area contributed by atoms with Gasteiger partial charge in [-0.15, -0.1) is 0 Å². The molecule has 0 saturated heterocycles. The average Bonchev–Trinajstić information content (AvgIpc) is 2.33. The second-order valence-electron chi connectivity index (χ2n) is 4.03. The zero-order valence-electron chi connectivity index (χ0n) is 9.81. The molecule has 1 nitrogen and oxygen atoms in total. The maximum Gasteiger partial charge on any atom is 0.194 e. The Morgan fingerprint density at radius 3 is 2.37 bits per heavy atom. The molecular weight excluding hydrogens is 338 g/mol. The third kappa shape index (κ3) is 2.85. The van der Waals surface area contributed by atoms with Crippen LogP contribution in [0.25, 0.3) is 0 Å². The van der Waals surface area contributed by atoms with Gasteiger partial charge in [0.15, 0.2) is 17.4 Å². The molecule has 2 aromatic carbocycles. The Bertz CT molecular complexity index is 671. The van der Waals surface area contributed by atoms with Crippen molar-refractivity contribution in [3.05, 3.63) is 68.2 Å². The number of hydrogen-bond acceptors (Lipinski definition) is 1. The topological polar surface area (TPSA) is 17.1 Å². The quantitative estimate of drug-likeness (QED) is 0.558. The van der Waals surface area contributed by atoms with Crippen LogP contribution in [0.1, 0.15) is 21.5 Å². The average molecular weight is 346 g/mol. The van der Waals surface area contributed by atoms with Gasteiger partial charge in [0.2, 0.25) is 0 Å². The van der Waals surface area contributed by atoms with Crippen molar-refractivity contribution in [2.75, 3.05) is 0 Å². The van der Waals surface area contributed by atoms with Gasteiger partial charge >= 0.3 is 0 Å². The van der Waals surface area contributed by atoms with Gasteiger partial charge < -0.3 is 0 Å². The first-order chi connectivity index (χ1) is 8.90. The number of rotatable bonds is 2. The lowest BCUT2D eigenvalue weighted by atomic mass is 9.99. The third-order valence-corrected chi connectivity index (χ3v) is 3.49. The Morgan fingerprint density at radius 2 is 1.74 bits per heavy atom. The van der Waals surface area contributed by atoms with Crippen LogP contribution < -0.4 is 0 Å². The third-order valence-electron chi connectivity index (χ3n) is 2.69. The summed E-state index contributed by atoms with van der Waals surface area (Å²) in [5.74, 6) is -2.61. The lowest BCUT2D eigenvalue weighted by Crippen LogP contribution is -2.06. The van der Waals surface area contributed by atoms with Gasteiger partial charge in [-0.3, -0.25) is 4.79 Å². The van der Waals surface area contributed by atoms with Crippen LogP contribution in [-0.2, 0) is 0 Å². The van der Waals surface area contributed by atoms with E-state index >= 15 is 0 Å². The van der Waals surface area contributed by atoms with E-state index in [0.29, 0.717) is 5.56 Å². The molecule has 0 atom stereocenters. The molecule has 0 fully saturated rings. The highest BCUT2D eigenvalue weighted by Gasteiger charge is 2.18. The van der Waals surface area contributed by atoms with Crippen LogP contribution in [-0.4, -0.2) is 5.78 Å². The second-order valence-corrected chi connectivity index (χ2v) is 5.36. The van der Waals surface area contributed by atoms with Crippen LogP contribution in [0, 0.1) is 18.6 Å². The van der Waals surface area contributed by atoms with Gasteiger partial charge in [0, 0.05) is 15.6 Å². The molecular formula is C14H8BrClF2O. The molecule has 0 aliphatic carbocycles. The number of ketones is 1. The van der Waals surface area contributed by atoms with Gasteiger partial charge in [0.05, 0.1) is 5.02 Å². The van der Waals surface area contributed by atoms with Gasteiger partial charge in [0.25, 0.3) is 0 Å². The molecule has 0 radical (unpaired) electrons.